The predicted octanol–water partition coefficient (Wildman–Crippen LogP) is 3.95. The molecule has 0 amide bonds. The number of anilines is 1. The van der Waals surface area contributed by atoms with Crippen LogP contribution in [0.2, 0.25) is 0 Å². The average Bonchev–Trinajstić information content (AvgIpc) is 2.82. The number of hydrogen-bond acceptors (Lipinski definition) is 6. The Bertz CT molecular complexity index is 1300. The Balaban J connectivity index is 0.00000289. The second-order valence-electron chi connectivity index (χ2n) is 9.87. The van der Waals surface area contributed by atoms with Gasteiger partial charge in [0.2, 0.25) is 10.0 Å². The maximum absolute atomic E-state index is 13.3. The van der Waals surface area contributed by atoms with E-state index >= 15 is 0 Å². The summed E-state index contributed by atoms with van der Waals surface area (Å²) in [4.78, 5) is 15.8. The number of carbonyl (C=O) groups excluding carboxylic acids is 1. The molecule has 35 heavy (non-hydrogen) atoms. The van der Waals surface area contributed by atoms with Crippen molar-refractivity contribution in [1.29, 1.82) is 5.26 Å². The zero-order valence-electron chi connectivity index (χ0n) is 19.9. The molecule has 3 aliphatic rings. The number of ketones is 1. The third-order valence-electron chi connectivity index (χ3n) is 7.74. The van der Waals surface area contributed by atoms with Crippen LogP contribution < -0.4 is 9.46 Å². The lowest BCUT2D eigenvalue weighted by Crippen LogP contribution is -2.57. The number of nitriles is 1. The summed E-state index contributed by atoms with van der Waals surface area (Å²) in [5, 5.41) is 9.15. The third kappa shape index (κ3) is 4.90. The summed E-state index contributed by atoms with van der Waals surface area (Å²) in [7, 11) is -3.42. The van der Waals surface area contributed by atoms with Crippen molar-refractivity contribution in [3.05, 3.63) is 58.7 Å². The van der Waals surface area contributed by atoms with Gasteiger partial charge >= 0.3 is 0 Å². The highest BCUT2D eigenvalue weighted by Crippen LogP contribution is 2.44. The van der Waals surface area contributed by atoms with Crippen LogP contribution in [0.3, 0.4) is 0 Å². The summed E-state index contributed by atoms with van der Waals surface area (Å²) < 4.78 is 32.1. The van der Waals surface area contributed by atoms with Crippen molar-refractivity contribution in [3.63, 3.8) is 0 Å². The first-order valence-electron chi connectivity index (χ1n) is 11.8. The number of sulfonamides is 1. The van der Waals surface area contributed by atoms with Crippen LogP contribution in [0.25, 0.3) is 0 Å². The van der Waals surface area contributed by atoms with Crippen LogP contribution >= 0.6 is 12.4 Å². The van der Waals surface area contributed by atoms with Crippen LogP contribution in [0.15, 0.2) is 36.4 Å². The predicted molar refractivity (Wildman–Crippen MR) is 137 cm³/mol. The molecule has 0 aromatic heterocycles. The van der Waals surface area contributed by atoms with E-state index in [0.29, 0.717) is 23.0 Å². The van der Waals surface area contributed by atoms with E-state index in [2.05, 4.69) is 21.8 Å². The molecule has 2 aromatic carbocycles. The second kappa shape index (κ2) is 9.45. The zero-order chi connectivity index (χ0) is 24.1. The van der Waals surface area contributed by atoms with Crippen molar-refractivity contribution < 1.29 is 17.9 Å². The van der Waals surface area contributed by atoms with E-state index in [1.807, 2.05) is 19.1 Å². The molecule has 0 radical (unpaired) electrons. The second-order valence-corrected chi connectivity index (χ2v) is 11.6. The topological polar surface area (TPSA) is 99.5 Å². The molecule has 186 valence electrons. The van der Waals surface area contributed by atoms with Crippen molar-refractivity contribution >= 4 is 33.9 Å². The maximum Gasteiger partial charge on any atom is 0.229 e. The van der Waals surface area contributed by atoms with Crippen LogP contribution in [-0.2, 0) is 22.9 Å². The maximum atomic E-state index is 13.3. The van der Waals surface area contributed by atoms with Crippen molar-refractivity contribution in [2.45, 2.75) is 50.7 Å². The fourth-order valence-electron chi connectivity index (χ4n) is 5.79. The first-order valence-corrected chi connectivity index (χ1v) is 13.7. The van der Waals surface area contributed by atoms with Gasteiger partial charge in [-0.3, -0.25) is 14.4 Å². The van der Waals surface area contributed by atoms with Crippen molar-refractivity contribution in [1.82, 2.24) is 4.90 Å². The summed E-state index contributed by atoms with van der Waals surface area (Å²) in [6.07, 6.45) is 5.69. The molecule has 2 heterocycles. The molecule has 2 atom stereocenters. The summed E-state index contributed by atoms with van der Waals surface area (Å²) in [5.74, 6) is 0.245. The first-order chi connectivity index (χ1) is 16.2. The molecule has 1 aliphatic carbocycles. The number of Topliss-reactive ketones (excluding diaryl/α,β-unsaturated/α-hetero) is 1. The van der Waals surface area contributed by atoms with Gasteiger partial charge in [-0.2, -0.15) is 5.26 Å². The van der Waals surface area contributed by atoms with Gasteiger partial charge in [0.05, 0.1) is 29.4 Å². The number of rotatable bonds is 3. The average molecular weight is 516 g/mol. The van der Waals surface area contributed by atoms with Gasteiger partial charge in [0.25, 0.3) is 0 Å². The fraction of sp³-hybridized carbons (Fsp3) is 0.462. The zero-order valence-corrected chi connectivity index (χ0v) is 21.5. The van der Waals surface area contributed by atoms with Gasteiger partial charge < -0.3 is 4.74 Å². The highest BCUT2D eigenvalue weighted by Gasteiger charge is 2.49. The number of halogens is 1. The summed E-state index contributed by atoms with van der Waals surface area (Å²) in [6.45, 7) is 3.68. The molecule has 1 fully saturated rings. The minimum atomic E-state index is -3.42. The quantitative estimate of drug-likeness (QED) is 0.664. The van der Waals surface area contributed by atoms with Gasteiger partial charge in [-0.05, 0) is 60.7 Å². The Kier molecular flexibility index (Phi) is 6.89. The van der Waals surface area contributed by atoms with E-state index in [-0.39, 0.29) is 24.1 Å². The molecule has 2 aromatic rings. The van der Waals surface area contributed by atoms with E-state index in [1.165, 1.54) is 11.1 Å². The number of fused-ring (bicyclic) bond motifs is 2. The number of likely N-dealkylation sites (tertiary alicyclic amines) is 1. The van der Waals surface area contributed by atoms with E-state index < -0.39 is 15.6 Å². The molecule has 1 N–H and O–H groups in total. The fourth-order valence-corrected chi connectivity index (χ4v) is 6.34. The number of hydrogen-bond donors (Lipinski definition) is 1. The van der Waals surface area contributed by atoms with Crippen molar-refractivity contribution in [3.8, 4) is 11.8 Å². The Hall–Kier alpha value is -2.60. The molecule has 9 heteroatoms. The smallest absolute Gasteiger partial charge is 0.229 e. The molecule has 1 unspecified atom stereocenters. The SMILES string of the molecule is CC1C(=O)c2cc(NS(C)(=O)=O)ccc2OC12CCN([C@H]1CCc3cc(C#N)ccc3C1)CC2.Cl. The minimum Gasteiger partial charge on any atom is -0.486 e. The highest BCUT2D eigenvalue weighted by atomic mass is 35.5. The normalized spacial score (nSPS) is 23.3. The monoisotopic (exact) mass is 515 g/mol. The van der Waals surface area contributed by atoms with Gasteiger partial charge in [-0.1, -0.05) is 13.0 Å². The lowest BCUT2D eigenvalue weighted by Gasteiger charge is -2.49. The molecule has 2 aliphatic heterocycles. The number of carbonyl (C=O) groups is 1. The third-order valence-corrected chi connectivity index (χ3v) is 8.35. The molecule has 0 bridgehead atoms. The standard InChI is InChI=1S/C26H29N3O4S.ClH/c1-17-25(30)23-15-21(28-34(2,31)32)6-8-24(23)33-26(17)9-11-29(12-10-26)22-7-5-19-13-18(16-27)3-4-20(19)14-22;/h3-4,6,8,13,15,17,22,28H,5,7,9-12,14H2,1-2H3;1H/t17?,22-;/m0./s1. The van der Waals surface area contributed by atoms with Crippen molar-refractivity contribution in [2.75, 3.05) is 24.1 Å². The largest absolute Gasteiger partial charge is 0.486 e. The van der Waals surface area contributed by atoms with E-state index in [1.54, 1.807) is 18.2 Å². The number of nitrogens with one attached hydrogen (secondary N) is 1. The van der Waals surface area contributed by atoms with Gasteiger partial charge in [-0.25, -0.2) is 8.42 Å². The van der Waals surface area contributed by atoms with Gasteiger partial charge in [-0.15, -0.1) is 12.4 Å². The molecule has 1 saturated heterocycles. The number of piperidine rings is 1. The van der Waals surface area contributed by atoms with Crippen LogP contribution in [-0.4, -0.2) is 50.1 Å². The summed E-state index contributed by atoms with van der Waals surface area (Å²) in [5.41, 5.74) is 3.64. The Labute approximate surface area is 212 Å². The van der Waals surface area contributed by atoms with E-state index in [0.717, 1.165) is 57.0 Å². The molecule has 1 spiro atoms. The van der Waals surface area contributed by atoms with Crippen molar-refractivity contribution in [2.24, 2.45) is 5.92 Å². The first kappa shape index (κ1) is 25.5. The van der Waals surface area contributed by atoms with Gasteiger partial charge in [0.15, 0.2) is 5.78 Å². The molecular formula is C26H30ClN3O4S. The Morgan fingerprint density at radius 1 is 1.14 bits per heavy atom. The van der Waals surface area contributed by atoms with Crippen LogP contribution in [0.5, 0.6) is 5.75 Å². The Morgan fingerprint density at radius 2 is 1.89 bits per heavy atom. The number of aryl methyl sites for hydroxylation is 1. The summed E-state index contributed by atoms with van der Waals surface area (Å²) >= 11 is 0. The van der Waals surface area contributed by atoms with E-state index in [4.69, 9.17) is 10.00 Å². The molecule has 7 nitrogen and oxygen atoms in total. The lowest BCUT2D eigenvalue weighted by molar-refractivity contribution is -0.0475. The highest BCUT2D eigenvalue weighted by molar-refractivity contribution is 7.92. The van der Waals surface area contributed by atoms with Crippen LogP contribution in [0.4, 0.5) is 5.69 Å². The number of benzene rings is 2. The molecular weight excluding hydrogens is 486 g/mol. The Morgan fingerprint density at radius 3 is 2.57 bits per heavy atom. The lowest BCUT2D eigenvalue weighted by atomic mass is 9.74. The summed E-state index contributed by atoms with van der Waals surface area (Å²) in [6, 6.07) is 13.6. The van der Waals surface area contributed by atoms with Gasteiger partial charge in [0, 0.05) is 37.7 Å². The van der Waals surface area contributed by atoms with E-state index in [9.17, 15) is 13.2 Å². The molecule has 0 saturated carbocycles. The number of nitrogens with zero attached hydrogens (tertiary/aromatic N) is 2. The van der Waals surface area contributed by atoms with Crippen LogP contribution in [0, 0.1) is 17.2 Å². The molecule has 5 rings (SSSR count). The van der Waals surface area contributed by atoms with Crippen LogP contribution in [0.1, 0.15) is 53.2 Å². The van der Waals surface area contributed by atoms with Gasteiger partial charge in [0.1, 0.15) is 11.4 Å². The minimum absolute atomic E-state index is 0. The number of ether oxygens (including phenoxy) is 1.